The van der Waals surface area contributed by atoms with Crippen molar-refractivity contribution in [2.24, 2.45) is 5.92 Å². The van der Waals surface area contributed by atoms with Gasteiger partial charge in [0.1, 0.15) is 5.65 Å². The summed E-state index contributed by atoms with van der Waals surface area (Å²) in [5, 5.41) is 10.2. The van der Waals surface area contributed by atoms with Gasteiger partial charge in [0, 0.05) is 51.9 Å². The van der Waals surface area contributed by atoms with Crippen LogP contribution in [0.1, 0.15) is 11.3 Å². The second-order valence-corrected chi connectivity index (χ2v) is 9.28. The molecule has 1 N–H and O–H groups in total. The van der Waals surface area contributed by atoms with Crippen molar-refractivity contribution in [1.82, 2.24) is 18.6 Å². The lowest BCUT2D eigenvalue weighted by atomic mass is 10.1. The van der Waals surface area contributed by atoms with Crippen LogP contribution in [-0.4, -0.2) is 71.2 Å². The Balaban J connectivity index is 1.77. The number of aromatic nitrogens is 2. The Morgan fingerprint density at radius 3 is 2.77 bits per heavy atom. The van der Waals surface area contributed by atoms with Gasteiger partial charge in [0.15, 0.2) is 0 Å². The maximum absolute atomic E-state index is 12.3. The number of aryl methyl sites for hydroxylation is 1. The first-order valence-electron chi connectivity index (χ1n) is 8.46. The fourth-order valence-electron chi connectivity index (χ4n) is 3.27. The SMILES string of the molecule is Cc1cccn2c(=O)cc(CN3C[C@@H](CS(=O)(=O)N(C)C)[C@H](O)C3)nc12. The molecule has 0 saturated carbocycles. The zero-order valence-corrected chi connectivity index (χ0v) is 16.0. The van der Waals surface area contributed by atoms with Gasteiger partial charge in [-0.3, -0.25) is 14.1 Å². The number of β-amino-alcohol motifs (C(OH)–C–C–N with tert-alkyl or cyclic N) is 1. The second kappa shape index (κ2) is 7.07. The summed E-state index contributed by atoms with van der Waals surface area (Å²) >= 11 is 0. The highest BCUT2D eigenvalue weighted by atomic mass is 32.2. The van der Waals surface area contributed by atoms with Gasteiger partial charge in [0.25, 0.3) is 5.56 Å². The molecule has 1 saturated heterocycles. The zero-order chi connectivity index (χ0) is 19.1. The molecule has 1 aliphatic rings. The minimum atomic E-state index is -3.37. The number of hydrogen-bond donors (Lipinski definition) is 1. The molecule has 0 radical (unpaired) electrons. The average Bonchev–Trinajstić information content (AvgIpc) is 2.87. The number of likely N-dealkylation sites (tertiary alicyclic amines) is 1. The molecule has 1 fully saturated rings. The summed E-state index contributed by atoms with van der Waals surface area (Å²) in [4.78, 5) is 18.8. The minimum absolute atomic E-state index is 0.0927. The van der Waals surface area contributed by atoms with Gasteiger partial charge >= 0.3 is 0 Å². The van der Waals surface area contributed by atoms with Gasteiger partial charge < -0.3 is 5.11 Å². The molecule has 1 aliphatic heterocycles. The van der Waals surface area contributed by atoms with Crippen LogP contribution in [0.5, 0.6) is 0 Å². The van der Waals surface area contributed by atoms with E-state index < -0.39 is 16.1 Å². The molecule has 3 rings (SSSR count). The van der Waals surface area contributed by atoms with Crippen molar-refractivity contribution in [1.29, 1.82) is 0 Å². The summed E-state index contributed by atoms with van der Waals surface area (Å²) in [5.41, 5.74) is 1.98. The standard InChI is InChI=1S/C17H24N4O4S/c1-12-5-4-6-21-16(23)7-14(18-17(12)21)9-20-8-13(15(22)10-20)11-26(24,25)19(2)3/h4-7,13,15,22H,8-11H2,1-3H3/t13-,15+/m0/s1. The number of rotatable bonds is 5. The molecule has 142 valence electrons. The molecule has 2 aromatic rings. The molecule has 0 aliphatic carbocycles. The lowest BCUT2D eigenvalue weighted by Gasteiger charge is -2.18. The number of hydrogen-bond acceptors (Lipinski definition) is 6. The molecule has 0 unspecified atom stereocenters. The van der Waals surface area contributed by atoms with Crippen molar-refractivity contribution in [2.75, 3.05) is 32.9 Å². The highest BCUT2D eigenvalue weighted by Gasteiger charge is 2.35. The Kier molecular flexibility index (Phi) is 5.16. The molecule has 0 bridgehead atoms. The van der Waals surface area contributed by atoms with Crippen LogP contribution >= 0.6 is 0 Å². The monoisotopic (exact) mass is 380 g/mol. The zero-order valence-electron chi connectivity index (χ0n) is 15.2. The highest BCUT2D eigenvalue weighted by molar-refractivity contribution is 7.89. The van der Waals surface area contributed by atoms with Crippen LogP contribution in [0.4, 0.5) is 0 Å². The van der Waals surface area contributed by atoms with E-state index in [2.05, 4.69) is 4.98 Å². The van der Waals surface area contributed by atoms with Gasteiger partial charge in [-0.2, -0.15) is 0 Å². The van der Waals surface area contributed by atoms with E-state index in [0.29, 0.717) is 31.0 Å². The number of aliphatic hydroxyl groups excluding tert-OH is 1. The molecular weight excluding hydrogens is 356 g/mol. The van der Waals surface area contributed by atoms with Crippen molar-refractivity contribution in [3.63, 3.8) is 0 Å². The Labute approximate surface area is 152 Å². The smallest absolute Gasteiger partial charge is 0.258 e. The van der Waals surface area contributed by atoms with Crippen LogP contribution in [0.15, 0.2) is 29.2 Å². The van der Waals surface area contributed by atoms with Crippen molar-refractivity contribution in [2.45, 2.75) is 19.6 Å². The first kappa shape index (κ1) is 19.0. The molecule has 9 heteroatoms. The molecule has 0 amide bonds. The predicted octanol–water partition coefficient (Wildman–Crippen LogP) is -0.313. The summed E-state index contributed by atoms with van der Waals surface area (Å²) in [6.07, 6.45) is 0.969. The van der Waals surface area contributed by atoms with Crippen molar-refractivity contribution in [3.8, 4) is 0 Å². The van der Waals surface area contributed by atoms with Gasteiger partial charge in [-0.05, 0) is 18.6 Å². The van der Waals surface area contributed by atoms with E-state index in [1.165, 1.54) is 28.9 Å². The lowest BCUT2D eigenvalue weighted by Crippen LogP contribution is -2.33. The fourth-order valence-corrected chi connectivity index (χ4v) is 4.44. The third kappa shape index (κ3) is 3.80. The number of sulfonamides is 1. The quantitative estimate of drug-likeness (QED) is 0.764. The van der Waals surface area contributed by atoms with Crippen LogP contribution in [-0.2, 0) is 16.6 Å². The lowest BCUT2D eigenvalue weighted by molar-refractivity contribution is 0.148. The Bertz CT molecular complexity index is 970. The van der Waals surface area contributed by atoms with E-state index in [0.717, 1.165) is 5.56 Å². The van der Waals surface area contributed by atoms with Crippen LogP contribution in [0.25, 0.3) is 5.65 Å². The fraction of sp³-hybridized carbons (Fsp3) is 0.529. The maximum Gasteiger partial charge on any atom is 0.258 e. The largest absolute Gasteiger partial charge is 0.391 e. The van der Waals surface area contributed by atoms with E-state index in [1.54, 1.807) is 12.3 Å². The van der Waals surface area contributed by atoms with Gasteiger partial charge in [-0.1, -0.05) is 6.07 Å². The van der Waals surface area contributed by atoms with Gasteiger partial charge in [0.2, 0.25) is 10.0 Å². The third-order valence-corrected chi connectivity index (χ3v) is 6.75. The Hall–Kier alpha value is -1.81. The predicted molar refractivity (Wildman–Crippen MR) is 98.4 cm³/mol. The van der Waals surface area contributed by atoms with Gasteiger partial charge in [-0.15, -0.1) is 0 Å². The first-order valence-corrected chi connectivity index (χ1v) is 10.1. The van der Waals surface area contributed by atoms with E-state index in [4.69, 9.17) is 0 Å². The van der Waals surface area contributed by atoms with E-state index in [9.17, 15) is 18.3 Å². The van der Waals surface area contributed by atoms with Crippen molar-refractivity contribution in [3.05, 3.63) is 46.0 Å². The molecule has 0 aromatic carbocycles. The van der Waals surface area contributed by atoms with Crippen LogP contribution < -0.4 is 5.56 Å². The molecule has 8 nitrogen and oxygen atoms in total. The molecule has 2 aromatic heterocycles. The first-order chi connectivity index (χ1) is 12.2. The second-order valence-electron chi connectivity index (χ2n) is 7.05. The number of fused-ring (bicyclic) bond motifs is 1. The summed E-state index contributed by atoms with van der Waals surface area (Å²) in [5.74, 6) is -0.449. The van der Waals surface area contributed by atoms with Crippen LogP contribution in [0.3, 0.4) is 0 Å². The maximum atomic E-state index is 12.3. The summed E-state index contributed by atoms with van der Waals surface area (Å²) < 4.78 is 26.8. The highest BCUT2D eigenvalue weighted by Crippen LogP contribution is 2.21. The van der Waals surface area contributed by atoms with E-state index in [1.807, 2.05) is 17.9 Å². The number of nitrogens with zero attached hydrogens (tertiary/aromatic N) is 4. The van der Waals surface area contributed by atoms with Gasteiger partial charge in [-0.25, -0.2) is 17.7 Å². The summed E-state index contributed by atoms with van der Waals surface area (Å²) in [7, 11) is -0.396. The normalized spacial score (nSPS) is 21.7. The number of aliphatic hydroxyl groups is 1. The number of pyridine rings is 1. The van der Waals surface area contributed by atoms with Gasteiger partial charge in [0.05, 0.1) is 17.6 Å². The average molecular weight is 380 g/mol. The van der Waals surface area contributed by atoms with E-state index in [-0.39, 0.29) is 17.2 Å². The van der Waals surface area contributed by atoms with Crippen LogP contribution in [0, 0.1) is 12.8 Å². The molecule has 2 atom stereocenters. The Morgan fingerprint density at radius 1 is 1.35 bits per heavy atom. The van der Waals surface area contributed by atoms with E-state index >= 15 is 0 Å². The molecular formula is C17H24N4O4S. The summed E-state index contributed by atoms with van der Waals surface area (Å²) in [6.45, 7) is 3.11. The topological polar surface area (TPSA) is 95.2 Å². The minimum Gasteiger partial charge on any atom is -0.391 e. The Morgan fingerprint density at radius 2 is 2.08 bits per heavy atom. The summed E-state index contributed by atoms with van der Waals surface area (Å²) in [6, 6.07) is 5.19. The molecule has 0 spiro atoms. The van der Waals surface area contributed by atoms with Crippen LogP contribution in [0.2, 0.25) is 0 Å². The molecule has 3 heterocycles. The van der Waals surface area contributed by atoms with Crippen molar-refractivity contribution >= 4 is 15.7 Å². The van der Waals surface area contributed by atoms with Crippen molar-refractivity contribution < 1.29 is 13.5 Å². The molecule has 26 heavy (non-hydrogen) atoms. The third-order valence-electron chi connectivity index (χ3n) is 4.79.